The van der Waals surface area contributed by atoms with Gasteiger partial charge in [-0.2, -0.15) is 5.10 Å². The second-order valence-electron chi connectivity index (χ2n) is 5.96. The lowest BCUT2D eigenvalue weighted by atomic mass is 10.2. The Morgan fingerprint density at radius 2 is 1.87 bits per heavy atom. The summed E-state index contributed by atoms with van der Waals surface area (Å²) in [4.78, 5) is 1.40. The summed E-state index contributed by atoms with van der Waals surface area (Å²) in [5.74, 6) is 0. The number of nitrogens with one attached hydrogen (secondary N) is 3. The lowest BCUT2D eigenvalue weighted by molar-refractivity contribution is -0.856. The predicted octanol–water partition coefficient (Wildman–Crippen LogP) is 0.598. The van der Waals surface area contributed by atoms with E-state index >= 15 is 0 Å². The number of aryl methyl sites for hydroxylation is 1. The molecule has 1 heterocycles. The molecule has 0 saturated heterocycles. The maximum Gasteiger partial charge on any atom is 0.166 e. The second-order valence-corrected chi connectivity index (χ2v) is 6.37. The first kappa shape index (κ1) is 17.4. The number of benzene rings is 1. The highest BCUT2D eigenvalue weighted by Gasteiger charge is 2.12. The fourth-order valence-corrected chi connectivity index (χ4v) is 2.58. The zero-order chi connectivity index (χ0) is 16.8. The minimum atomic E-state index is 0.686. The van der Waals surface area contributed by atoms with Gasteiger partial charge in [-0.05, 0) is 38.2 Å². The van der Waals surface area contributed by atoms with Gasteiger partial charge in [-0.15, -0.1) is 0 Å². The van der Waals surface area contributed by atoms with Crippen molar-refractivity contribution >= 4 is 17.3 Å². The molecule has 0 radical (unpaired) electrons. The van der Waals surface area contributed by atoms with Crippen molar-refractivity contribution in [3.63, 3.8) is 0 Å². The molecule has 2 aromatic rings. The molecular weight excluding hydrogens is 306 g/mol. The molecule has 0 amide bonds. The molecule has 0 bridgehead atoms. The summed E-state index contributed by atoms with van der Waals surface area (Å²) >= 11 is 5.33. The average molecular weight is 332 g/mol. The number of hydrogen-bond acceptors (Lipinski definition) is 2. The molecule has 0 unspecified atom stereocenters. The van der Waals surface area contributed by atoms with Crippen molar-refractivity contribution in [1.82, 2.24) is 20.4 Å². The third-order valence-corrected chi connectivity index (χ3v) is 4.07. The van der Waals surface area contributed by atoms with Crippen LogP contribution in [0, 0.1) is 13.8 Å². The lowest BCUT2D eigenvalue weighted by Crippen LogP contribution is -3.06. The number of aromatic nitrogens is 2. The summed E-state index contributed by atoms with van der Waals surface area (Å²) in [6.07, 6.45) is 0. The van der Waals surface area contributed by atoms with Crippen LogP contribution >= 0.6 is 12.2 Å². The summed E-state index contributed by atoms with van der Waals surface area (Å²) in [5, 5.41) is 11.9. The van der Waals surface area contributed by atoms with Gasteiger partial charge in [-0.25, -0.2) is 4.68 Å². The molecule has 2 rings (SSSR count). The number of nitrogens with zero attached hydrogens (tertiary/aromatic N) is 2. The Morgan fingerprint density at radius 1 is 1.17 bits per heavy atom. The van der Waals surface area contributed by atoms with Crippen LogP contribution < -0.4 is 15.5 Å². The molecule has 6 heteroatoms. The van der Waals surface area contributed by atoms with E-state index in [-0.39, 0.29) is 0 Å². The Balaban J connectivity index is 1.99. The predicted molar refractivity (Wildman–Crippen MR) is 98.2 cm³/mol. The third-order valence-electron chi connectivity index (χ3n) is 3.78. The van der Waals surface area contributed by atoms with Crippen molar-refractivity contribution in [2.75, 3.05) is 27.2 Å². The molecule has 0 fully saturated rings. The van der Waals surface area contributed by atoms with Crippen molar-refractivity contribution in [1.29, 1.82) is 0 Å². The van der Waals surface area contributed by atoms with Crippen molar-refractivity contribution < 1.29 is 4.90 Å². The largest absolute Gasteiger partial charge is 0.359 e. The van der Waals surface area contributed by atoms with E-state index in [1.165, 1.54) is 10.5 Å². The number of thiocarbonyl (C=S) groups is 1. The van der Waals surface area contributed by atoms with Crippen molar-refractivity contribution in [3.8, 4) is 5.69 Å². The summed E-state index contributed by atoms with van der Waals surface area (Å²) in [5.41, 5.74) is 4.44. The van der Waals surface area contributed by atoms with Gasteiger partial charge < -0.3 is 15.5 Å². The summed E-state index contributed by atoms with van der Waals surface area (Å²) < 4.78 is 1.98. The SMILES string of the molecule is Cc1nn(-c2ccccc2)c(C)c1CNC(=S)NCC[NH+](C)C. The lowest BCUT2D eigenvalue weighted by Gasteiger charge is -2.12. The van der Waals surface area contributed by atoms with E-state index in [0.29, 0.717) is 11.7 Å². The molecular formula is C17H26N5S+. The first-order chi connectivity index (χ1) is 11.0. The molecule has 23 heavy (non-hydrogen) atoms. The first-order valence-corrected chi connectivity index (χ1v) is 8.31. The van der Waals surface area contributed by atoms with Gasteiger partial charge >= 0.3 is 0 Å². The highest BCUT2D eigenvalue weighted by atomic mass is 32.1. The van der Waals surface area contributed by atoms with Gasteiger partial charge in [0.05, 0.1) is 38.6 Å². The van der Waals surface area contributed by atoms with Crippen molar-refractivity contribution in [2.45, 2.75) is 20.4 Å². The Morgan fingerprint density at radius 3 is 2.52 bits per heavy atom. The molecule has 0 aliphatic rings. The number of para-hydroxylation sites is 1. The fourth-order valence-electron chi connectivity index (χ4n) is 2.41. The van der Waals surface area contributed by atoms with Crippen molar-refractivity contribution in [3.05, 3.63) is 47.3 Å². The van der Waals surface area contributed by atoms with Crippen LogP contribution in [0.15, 0.2) is 30.3 Å². The van der Waals surface area contributed by atoms with E-state index < -0.39 is 0 Å². The van der Waals surface area contributed by atoms with Gasteiger partial charge in [0.25, 0.3) is 0 Å². The van der Waals surface area contributed by atoms with Crippen LogP contribution in [-0.2, 0) is 6.54 Å². The summed E-state index contributed by atoms with van der Waals surface area (Å²) in [7, 11) is 4.26. The van der Waals surface area contributed by atoms with E-state index in [1.807, 2.05) is 29.8 Å². The van der Waals surface area contributed by atoms with E-state index in [1.54, 1.807) is 0 Å². The molecule has 124 valence electrons. The molecule has 1 aromatic carbocycles. The van der Waals surface area contributed by atoms with Crippen LogP contribution in [0.25, 0.3) is 5.69 Å². The second kappa shape index (κ2) is 8.08. The zero-order valence-electron chi connectivity index (χ0n) is 14.3. The van der Waals surface area contributed by atoms with Crippen LogP contribution in [-0.4, -0.2) is 42.1 Å². The van der Waals surface area contributed by atoms with Gasteiger partial charge in [-0.1, -0.05) is 18.2 Å². The molecule has 0 aliphatic heterocycles. The van der Waals surface area contributed by atoms with E-state index in [4.69, 9.17) is 12.2 Å². The third kappa shape index (κ3) is 4.77. The number of quaternary nitrogens is 1. The maximum atomic E-state index is 5.33. The normalized spacial score (nSPS) is 10.8. The highest BCUT2D eigenvalue weighted by molar-refractivity contribution is 7.80. The molecule has 1 aromatic heterocycles. The minimum Gasteiger partial charge on any atom is -0.359 e. The van der Waals surface area contributed by atoms with Gasteiger partial charge in [0.15, 0.2) is 5.11 Å². The smallest absolute Gasteiger partial charge is 0.166 e. The molecule has 3 N–H and O–H groups in total. The van der Waals surface area contributed by atoms with E-state index in [0.717, 1.165) is 30.2 Å². The monoisotopic (exact) mass is 332 g/mol. The van der Waals surface area contributed by atoms with Crippen LogP contribution in [0.1, 0.15) is 17.0 Å². The van der Waals surface area contributed by atoms with E-state index in [2.05, 4.69) is 48.9 Å². The summed E-state index contributed by atoms with van der Waals surface area (Å²) in [6.45, 7) is 6.72. The Bertz CT molecular complexity index is 649. The van der Waals surface area contributed by atoms with Gasteiger partial charge in [0, 0.05) is 17.8 Å². The highest BCUT2D eigenvalue weighted by Crippen LogP contribution is 2.17. The van der Waals surface area contributed by atoms with Crippen LogP contribution in [0.5, 0.6) is 0 Å². The van der Waals surface area contributed by atoms with Crippen LogP contribution in [0.3, 0.4) is 0 Å². The van der Waals surface area contributed by atoms with Gasteiger partial charge in [0.1, 0.15) is 0 Å². The molecule has 0 saturated carbocycles. The number of rotatable bonds is 6. The van der Waals surface area contributed by atoms with Gasteiger partial charge in [-0.3, -0.25) is 0 Å². The topological polar surface area (TPSA) is 46.3 Å². The maximum absolute atomic E-state index is 5.33. The first-order valence-electron chi connectivity index (χ1n) is 7.90. The van der Waals surface area contributed by atoms with Gasteiger partial charge in [0.2, 0.25) is 0 Å². The molecule has 5 nitrogen and oxygen atoms in total. The Hall–Kier alpha value is -1.92. The van der Waals surface area contributed by atoms with Crippen LogP contribution in [0.4, 0.5) is 0 Å². The summed E-state index contributed by atoms with van der Waals surface area (Å²) in [6, 6.07) is 10.2. The Kier molecular flexibility index (Phi) is 6.12. The van der Waals surface area contributed by atoms with Crippen LogP contribution in [0.2, 0.25) is 0 Å². The average Bonchev–Trinajstić information content (AvgIpc) is 2.80. The van der Waals surface area contributed by atoms with E-state index in [9.17, 15) is 0 Å². The zero-order valence-corrected chi connectivity index (χ0v) is 15.1. The molecule has 0 spiro atoms. The fraction of sp³-hybridized carbons (Fsp3) is 0.412. The standard InChI is InChI=1S/C17H25N5S/c1-13-16(12-19-17(23)18-10-11-21(3)4)14(2)22(20-13)15-8-6-5-7-9-15/h5-9H,10-12H2,1-4H3,(H2,18,19,23)/p+1. The Labute approximate surface area is 143 Å². The number of hydrogen-bond donors (Lipinski definition) is 3. The molecule has 0 aliphatic carbocycles. The molecule has 0 atom stereocenters. The van der Waals surface area contributed by atoms with Crippen molar-refractivity contribution in [2.24, 2.45) is 0 Å². The number of likely N-dealkylation sites (N-methyl/N-ethyl adjacent to an activating group) is 1. The minimum absolute atomic E-state index is 0.686. The quantitative estimate of drug-likeness (QED) is 0.678.